The van der Waals surface area contributed by atoms with Crippen LogP contribution in [-0.4, -0.2) is 49.7 Å². The Balaban J connectivity index is 1.63. The van der Waals surface area contributed by atoms with Gasteiger partial charge in [0.1, 0.15) is 0 Å². The molecule has 2 heterocycles. The fourth-order valence-corrected chi connectivity index (χ4v) is 5.47. The van der Waals surface area contributed by atoms with Crippen LogP contribution in [0.5, 0.6) is 0 Å². The molecule has 0 aromatic heterocycles. The van der Waals surface area contributed by atoms with Gasteiger partial charge >= 0.3 is 0 Å². The van der Waals surface area contributed by atoms with Crippen molar-refractivity contribution in [3.05, 3.63) is 29.3 Å². The number of benzene rings is 1. The third-order valence-corrected chi connectivity index (χ3v) is 7.73. The first-order valence-corrected chi connectivity index (χ1v) is 11.2. The van der Waals surface area contributed by atoms with E-state index in [4.69, 9.17) is 0 Å². The number of carbonyl (C=O) groups is 1. The highest BCUT2D eigenvalue weighted by molar-refractivity contribution is 7.89. The van der Waals surface area contributed by atoms with Crippen molar-refractivity contribution < 1.29 is 13.2 Å². The molecule has 26 heavy (non-hydrogen) atoms. The smallest absolute Gasteiger partial charge is 0.243 e. The minimum absolute atomic E-state index is 0.0284. The maximum Gasteiger partial charge on any atom is 0.243 e. The standard InChI is InChI=1S/C20H30N2O3S/c1-16-7-8-19(15-17(16)2)26(24,25)22-13-9-18(10-14-22)20(23)21-11-5-3-4-6-12-21/h7-8,15,18H,3-6,9-14H2,1-2H3. The maximum atomic E-state index is 12.9. The molecule has 0 aliphatic carbocycles. The first-order valence-electron chi connectivity index (χ1n) is 9.76. The molecule has 1 aromatic rings. The van der Waals surface area contributed by atoms with E-state index in [-0.39, 0.29) is 11.8 Å². The monoisotopic (exact) mass is 378 g/mol. The highest BCUT2D eigenvalue weighted by Crippen LogP contribution is 2.26. The lowest BCUT2D eigenvalue weighted by molar-refractivity contribution is -0.136. The molecule has 2 aliphatic rings. The molecule has 2 saturated heterocycles. The molecule has 5 nitrogen and oxygen atoms in total. The summed E-state index contributed by atoms with van der Waals surface area (Å²) in [5.74, 6) is 0.203. The van der Waals surface area contributed by atoms with Crippen LogP contribution in [0.15, 0.2) is 23.1 Å². The van der Waals surface area contributed by atoms with Gasteiger partial charge in [-0.2, -0.15) is 4.31 Å². The Morgan fingerprint density at radius 2 is 1.54 bits per heavy atom. The normalized spacial score (nSPS) is 20.8. The van der Waals surface area contributed by atoms with Gasteiger partial charge in [-0.05, 0) is 62.8 Å². The summed E-state index contributed by atoms with van der Waals surface area (Å²) in [4.78, 5) is 15.1. The van der Waals surface area contributed by atoms with E-state index in [9.17, 15) is 13.2 Å². The van der Waals surface area contributed by atoms with Crippen LogP contribution in [-0.2, 0) is 14.8 Å². The average Bonchev–Trinajstić information content (AvgIpc) is 2.93. The molecule has 2 aliphatic heterocycles. The Bertz CT molecular complexity index is 744. The summed E-state index contributed by atoms with van der Waals surface area (Å²) in [5.41, 5.74) is 2.07. The van der Waals surface area contributed by atoms with Gasteiger partial charge in [0.25, 0.3) is 0 Å². The second kappa shape index (κ2) is 8.09. The first-order chi connectivity index (χ1) is 12.4. The quantitative estimate of drug-likeness (QED) is 0.812. The lowest BCUT2D eigenvalue weighted by Gasteiger charge is -2.33. The number of hydrogen-bond donors (Lipinski definition) is 0. The molecule has 2 fully saturated rings. The van der Waals surface area contributed by atoms with Gasteiger partial charge in [0.15, 0.2) is 0 Å². The second-order valence-electron chi connectivity index (χ2n) is 7.66. The Morgan fingerprint density at radius 1 is 0.923 bits per heavy atom. The number of hydrogen-bond acceptors (Lipinski definition) is 3. The van der Waals surface area contributed by atoms with Gasteiger partial charge in [0, 0.05) is 32.1 Å². The molecule has 0 radical (unpaired) electrons. The molecule has 1 amide bonds. The van der Waals surface area contributed by atoms with Crippen molar-refractivity contribution in [2.45, 2.75) is 57.3 Å². The molecule has 0 spiro atoms. The zero-order valence-electron chi connectivity index (χ0n) is 15.9. The summed E-state index contributed by atoms with van der Waals surface area (Å²) >= 11 is 0. The van der Waals surface area contributed by atoms with Crippen molar-refractivity contribution in [3.63, 3.8) is 0 Å². The number of carbonyl (C=O) groups excluding carboxylic acids is 1. The van der Waals surface area contributed by atoms with E-state index in [1.54, 1.807) is 16.4 Å². The topological polar surface area (TPSA) is 57.7 Å². The van der Waals surface area contributed by atoms with E-state index >= 15 is 0 Å². The minimum Gasteiger partial charge on any atom is -0.342 e. The number of rotatable bonds is 3. The predicted molar refractivity (Wildman–Crippen MR) is 102 cm³/mol. The van der Waals surface area contributed by atoms with Gasteiger partial charge < -0.3 is 4.90 Å². The molecule has 0 unspecified atom stereocenters. The van der Waals surface area contributed by atoms with Gasteiger partial charge in [-0.3, -0.25) is 4.79 Å². The zero-order valence-corrected chi connectivity index (χ0v) is 16.7. The van der Waals surface area contributed by atoms with Crippen LogP contribution in [0.25, 0.3) is 0 Å². The van der Waals surface area contributed by atoms with Gasteiger partial charge in [-0.1, -0.05) is 18.9 Å². The van der Waals surface area contributed by atoms with E-state index in [0.29, 0.717) is 30.8 Å². The van der Waals surface area contributed by atoms with Crippen molar-refractivity contribution in [2.24, 2.45) is 5.92 Å². The van der Waals surface area contributed by atoms with Crippen molar-refractivity contribution in [1.29, 1.82) is 0 Å². The van der Waals surface area contributed by atoms with Crippen LogP contribution in [0, 0.1) is 19.8 Å². The summed E-state index contributed by atoms with van der Waals surface area (Å²) in [7, 11) is -3.47. The summed E-state index contributed by atoms with van der Waals surface area (Å²) in [6.07, 6.45) is 5.84. The molecule has 1 aromatic carbocycles. The van der Waals surface area contributed by atoms with Crippen LogP contribution >= 0.6 is 0 Å². The maximum absolute atomic E-state index is 12.9. The number of amides is 1. The van der Waals surface area contributed by atoms with Crippen LogP contribution in [0.1, 0.15) is 49.7 Å². The highest BCUT2D eigenvalue weighted by atomic mass is 32.2. The van der Waals surface area contributed by atoms with Crippen LogP contribution < -0.4 is 0 Å². The van der Waals surface area contributed by atoms with Crippen molar-refractivity contribution in [1.82, 2.24) is 9.21 Å². The fraction of sp³-hybridized carbons (Fsp3) is 0.650. The Labute approximate surface area is 157 Å². The fourth-order valence-electron chi connectivity index (χ4n) is 3.92. The SMILES string of the molecule is Cc1ccc(S(=O)(=O)N2CCC(C(=O)N3CCCCCC3)CC2)cc1C. The molecule has 6 heteroatoms. The van der Waals surface area contributed by atoms with Gasteiger partial charge in [0.05, 0.1) is 4.90 Å². The van der Waals surface area contributed by atoms with Crippen molar-refractivity contribution in [2.75, 3.05) is 26.2 Å². The Kier molecular flexibility index (Phi) is 6.03. The van der Waals surface area contributed by atoms with E-state index in [1.807, 2.05) is 24.8 Å². The largest absolute Gasteiger partial charge is 0.342 e. The van der Waals surface area contributed by atoms with E-state index in [1.165, 1.54) is 12.8 Å². The minimum atomic E-state index is -3.47. The summed E-state index contributed by atoms with van der Waals surface area (Å²) in [5, 5.41) is 0. The summed E-state index contributed by atoms with van der Waals surface area (Å²) < 4.78 is 27.4. The van der Waals surface area contributed by atoms with E-state index in [2.05, 4.69) is 0 Å². The summed E-state index contributed by atoms with van der Waals surface area (Å²) in [6, 6.07) is 5.29. The third-order valence-electron chi connectivity index (χ3n) is 5.84. The molecular weight excluding hydrogens is 348 g/mol. The van der Waals surface area contributed by atoms with Crippen LogP contribution in [0.2, 0.25) is 0 Å². The Hall–Kier alpha value is -1.40. The summed E-state index contributed by atoms with van der Waals surface area (Å²) in [6.45, 7) is 6.49. The number of piperidine rings is 1. The van der Waals surface area contributed by atoms with E-state index in [0.717, 1.165) is 37.1 Å². The predicted octanol–water partition coefficient (Wildman–Crippen LogP) is 3.11. The van der Waals surface area contributed by atoms with E-state index < -0.39 is 10.0 Å². The number of sulfonamides is 1. The number of nitrogens with zero attached hydrogens (tertiary/aromatic N) is 2. The highest BCUT2D eigenvalue weighted by Gasteiger charge is 2.34. The van der Waals surface area contributed by atoms with Crippen molar-refractivity contribution in [3.8, 4) is 0 Å². The molecular formula is C20H30N2O3S. The van der Waals surface area contributed by atoms with Gasteiger partial charge in [-0.15, -0.1) is 0 Å². The van der Waals surface area contributed by atoms with Crippen LogP contribution in [0.4, 0.5) is 0 Å². The van der Waals surface area contributed by atoms with Gasteiger partial charge in [-0.25, -0.2) is 8.42 Å². The third kappa shape index (κ3) is 4.12. The molecule has 0 N–H and O–H groups in total. The molecule has 3 rings (SSSR count). The Morgan fingerprint density at radius 3 is 2.12 bits per heavy atom. The lowest BCUT2D eigenvalue weighted by Crippen LogP contribution is -2.44. The van der Waals surface area contributed by atoms with Crippen molar-refractivity contribution >= 4 is 15.9 Å². The molecule has 0 saturated carbocycles. The zero-order chi connectivity index (χ0) is 18.7. The molecule has 0 bridgehead atoms. The number of likely N-dealkylation sites (tertiary alicyclic amines) is 1. The first kappa shape index (κ1) is 19.4. The number of aryl methyl sites for hydroxylation is 2. The van der Waals surface area contributed by atoms with Gasteiger partial charge in [0.2, 0.25) is 15.9 Å². The molecule has 144 valence electrons. The average molecular weight is 379 g/mol. The molecule has 0 atom stereocenters. The second-order valence-corrected chi connectivity index (χ2v) is 9.60. The lowest BCUT2D eigenvalue weighted by atomic mass is 9.96. The van der Waals surface area contributed by atoms with Crippen LogP contribution in [0.3, 0.4) is 0 Å².